The fourth-order valence-corrected chi connectivity index (χ4v) is 5.47. The topological polar surface area (TPSA) is 27.7 Å². The largest absolute Gasteiger partial charge is 0.496 e. The van der Waals surface area contributed by atoms with E-state index in [1.165, 1.54) is 33.4 Å². The first-order chi connectivity index (χ1) is 13.8. The molecule has 0 amide bonds. The highest BCUT2D eigenvalue weighted by Crippen LogP contribution is 2.64. The quantitative estimate of drug-likeness (QED) is 0.639. The third-order valence-electron chi connectivity index (χ3n) is 6.47. The van der Waals surface area contributed by atoms with E-state index in [2.05, 4.69) is 48.5 Å². The summed E-state index contributed by atoms with van der Waals surface area (Å²) < 4.78 is 17.4. The summed E-state index contributed by atoms with van der Waals surface area (Å²) in [7, 11) is 5.28. The Morgan fingerprint density at radius 1 is 0.750 bits per heavy atom. The molecule has 3 aromatic carbocycles. The highest BCUT2D eigenvalue weighted by molar-refractivity contribution is 5.76. The molecule has 0 N–H and O–H groups in total. The van der Waals surface area contributed by atoms with Gasteiger partial charge in [0, 0.05) is 30.8 Å². The lowest BCUT2D eigenvalue weighted by molar-refractivity contribution is 0.178. The zero-order chi connectivity index (χ0) is 19.3. The van der Waals surface area contributed by atoms with E-state index in [9.17, 15) is 0 Å². The minimum atomic E-state index is -0.312. The van der Waals surface area contributed by atoms with Gasteiger partial charge in [0.05, 0.1) is 19.6 Å². The Morgan fingerprint density at radius 3 is 1.89 bits per heavy atom. The first kappa shape index (κ1) is 17.3. The minimum Gasteiger partial charge on any atom is -0.496 e. The molecule has 3 aromatic rings. The van der Waals surface area contributed by atoms with E-state index >= 15 is 0 Å². The summed E-state index contributed by atoms with van der Waals surface area (Å²) in [6.07, 6.45) is 0.848. The average Bonchev–Trinajstić information content (AvgIpc) is 2.76. The number of methoxy groups -OCH3 is 3. The predicted octanol–water partition coefficient (Wildman–Crippen LogP) is 4.88. The van der Waals surface area contributed by atoms with Crippen molar-refractivity contribution in [3.8, 4) is 11.5 Å². The lowest BCUT2D eigenvalue weighted by Gasteiger charge is -2.51. The van der Waals surface area contributed by atoms with Crippen molar-refractivity contribution in [2.24, 2.45) is 0 Å². The predicted molar refractivity (Wildman–Crippen MR) is 110 cm³/mol. The molecule has 0 spiro atoms. The van der Waals surface area contributed by atoms with E-state index in [4.69, 9.17) is 14.2 Å². The van der Waals surface area contributed by atoms with Crippen molar-refractivity contribution >= 4 is 0 Å². The Labute approximate surface area is 165 Å². The minimum absolute atomic E-state index is 0.150. The van der Waals surface area contributed by atoms with Gasteiger partial charge >= 0.3 is 0 Å². The zero-order valence-corrected chi connectivity index (χ0v) is 16.5. The molecular formula is C25H24O3. The summed E-state index contributed by atoms with van der Waals surface area (Å²) in [5.74, 6) is 1.99. The van der Waals surface area contributed by atoms with Crippen LogP contribution in [-0.4, -0.2) is 27.9 Å². The van der Waals surface area contributed by atoms with Crippen molar-refractivity contribution in [3.05, 3.63) is 94.0 Å². The van der Waals surface area contributed by atoms with E-state index < -0.39 is 0 Å². The number of benzene rings is 3. The molecule has 0 radical (unpaired) electrons. The molecule has 28 heavy (non-hydrogen) atoms. The number of ether oxygens (including phenoxy) is 3. The van der Waals surface area contributed by atoms with Crippen LogP contribution in [0.1, 0.15) is 45.7 Å². The Balaban J connectivity index is 1.97. The second kappa shape index (κ2) is 6.39. The van der Waals surface area contributed by atoms with E-state index in [1.54, 1.807) is 21.3 Å². The molecule has 3 nitrogen and oxygen atoms in total. The monoisotopic (exact) mass is 372 g/mol. The first-order valence-electron chi connectivity index (χ1n) is 9.71. The lowest BCUT2D eigenvalue weighted by Crippen LogP contribution is -2.43. The molecule has 0 aliphatic heterocycles. The van der Waals surface area contributed by atoms with Gasteiger partial charge in [-0.2, -0.15) is 0 Å². The summed E-state index contributed by atoms with van der Waals surface area (Å²) in [6, 6.07) is 21.7. The molecule has 0 aromatic heterocycles. The van der Waals surface area contributed by atoms with Crippen molar-refractivity contribution in [1.29, 1.82) is 0 Å². The molecule has 0 unspecified atom stereocenters. The maximum atomic E-state index is 5.90. The molecule has 3 aliphatic carbocycles. The van der Waals surface area contributed by atoms with Crippen molar-refractivity contribution in [2.45, 2.75) is 17.8 Å². The second-order valence-electron chi connectivity index (χ2n) is 7.51. The standard InChI is InChI=1S/C25H24O3/c1-26-15-14-25-18-10-6-4-8-16(18)22(17-9-5-7-11-19(17)25)23-20(27-2)12-13-21(28-3)24(23)25/h4-13,22H,14-15H2,1-3H3. The molecule has 0 atom stereocenters. The van der Waals surface area contributed by atoms with Crippen LogP contribution in [-0.2, 0) is 10.2 Å². The summed E-state index contributed by atoms with van der Waals surface area (Å²) in [5.41, 5.74) is 7.58. The van der Waals surface area contributed by atoms with E-state index in [-0.39, 0.29) is 11.3 Å². The molecule has 0 saturated carbocycles. The van der Waals surface area contributed by atoms with E-state index in [0.29, 0.717) is 6.61 Å². The van der Waals surface area contributed by atoms with Gasteiger partial charge in [-0.15, -0.1) is 0 Å². The van der Waals surface area contributed by atoms with Crippen LogP contribution in [0.2, 0.25) is 0 Å². The zero-order valence-electron chi connectivity index (χ0n) is 16.5. The summed E-state index contributed by atoms with van der Waals surface area (Å²) in [6.45, 7) is 0.660. The van der Waals surface area contributed by atoms with Crippen LogP contribution >= 0.6 is 0 Å². The summed E-state index contributed by atoms with van der Waals surface area (Å²) in [5, 5.41) is 0. The Morgan fingerprint density at radius 2 is 1.32 bits per heavy atom. The number of hydrogen-bond acceptors (Lipinski definition) is 3. The summed E-state index contributed by atoms with van der Waals surface area (Å²) >= 11 is 0. The molecule has 0 saturated heterocycles. The van der Waals surface area contributed by atoms with Crippen molar-refractivity contribution in [1.82, 2.24) is 0 Å². The van der Waals surface area contributed by atoms with Crippen molar-refractivity contribution in [3.63, 3.8) is 0 Å². The van der Waals surface area contributed by atoms with Gasteiger partial charge in [0.15, 0.2) is 0 Å². The van der Waals surface area contributed by atoms with Crippen LogP contribution in [0.15, 0.2) is 60.7 Å². The van der Waals surface area contributed by atoms with Crippen LogP contribution in [0.4, 0.5) is 0 Å². The Hall–Kier alpha value is -2.78. The number of rotatable bonds is 5. The molecule has 3 heteroatoms. The average molecular weight is 372 g/mol. The van der Waals surface area contributed by atoms with Gasteiger partial charge < -0.3 is 14.2 Å². The van der Waals surface area contributed by atoms with Gasteiger partial charge in [0.25, 0.3) is 0 Å². The van der Waals surface area contributed by atoms with Gasteiger partial charge in [-0.25, -0.2) is 0 Å². The van der Waals surface area contributed by atoms with E-state index in [1.807, 2.05) is 12.1 Å². The third-order valence-corrected chi connectivity index (χ3v) is 6.47. The Bertz CT molecular complexity index is 1010. The first-order valence-corrected chi connectivity index (χ1v) is 9.71. The molecule has 142 valence electrons. The maximum absolute atomic E-state index is 5.90. The van der Waals surface area contributed by atoms with Crippen LogP contribution in [0.25, 0.3) is 0 Å². The van der Waals surface area contributed by atoms with Gasteiger partial charge in [-0.05, 0) is 40.8 Å². The fourth-order valence-electron chi connectivity index (χ4n) is 5.47. The maximum Gasteiger partial charge on any atom is 0.123 e. The SMILES string of the molecule is COCCC12c3ccccc3C(c3ccccc31)c1c(OC)ccc(OC)c12. The third kappa shape index (κ3) is 2.03. The molecule has 0 fully saturated rings. The van der Waals surface area contributed by atoms with Gasteiger partial charge in [0.1, 0.15) is 11.5 Å². The van der Waals surface area contributed by atoms with Gasteiger partial charge in [-0.1, -0.05) is 48.5 Å². The van der Waals surface area contributed by atoms with Gasteiger partial charge in [-0.3, -0.25) is 0 Å². The van der Waals surface area contributed by atoms with E-state index in [0.717, 1.165) is 17.9 Å². The van der Waals surface area contributed by atoms with Crippen LogP contribution < -0.4 is 9.47 Å². The summed E-state index contributed by atoms with van der Waals surface area (Å²) in [4.78, 5) is 0. The highest BCUT2D eigenvalue weighted by atomic mass is 16.5. The lowest BCUT2D eigenvalue weighted by atomic mass is 9.51. The molecule has 2 bridgehead atoms. The molecule has 6 rings (SSSR count). The molecular weight excluding hydrogens is 348 g/mol. The molecule has 3 aliphatic rings. The molecule has 0 heterocycles. The fraction of sp³-hybridized carbons (Fsp3) is 0.280. The Kier molecular flexibility index (Phi) is 3.95. The van der Waals surface area contributed by atoms with Crippen molar-refractivity contribution < 1.29 is 14.2 Å². The highest BCUT2D eigenvalue weighted by Gasteiger charge is 2.53. The van der Waals surface area contributed by atoms with Crippen LogP contribution in [0.5, 0.6) is 11.5 Å². The number of hydrogen-bond donors (Lipinski definition) is 0. The second-order valence-corrected chi connectivity index (χ2v) is 7.51. The van der Waals surface area contributed by atoms with Crippen molar-refractivity contribution in [2.75, 3.05) is 27.9 Å². The van der Waals surface area contributed by atoms with Crippen LogP contribution in [0.3, 0.4) is 0 Å². The van der Waals surface area contributed by atoms with Crippen LogP contribution in [0, 0.1) is 0 Å². The van der Waals surface area contributed by atoms with Gasteiger partial charge in [0.2, 0.25) is 0 Å². The normalized spacial score (nSPS) is 20.9. The smallest absolute Gasteiger partial charge is 0.123 e.